The minimum absolute atomic E-state index is 0.620. The molecule has 6 heterocycles. The molecular weight excluding hydrogens is 1310 g/mol. The van der Waals surface area contributed by atoms with Crippen LogP contribution in [0, 0.1) is 13.8 Å². The van der Waals surface area contributed by atoms with E-state index in [2.05, 4.69) is 304 Å². The maximum atomic E-state index is 5.15. The van der Waals surface area contributed by atoms with Gasteiger partial charge in [-0.1, -0.05) is 254 Å². The summed E-state index contributed by atoms with van der Waals surface area (Å²) in [5.74, 6) is 3.82. The summed E-state index contributed by atoms with van der Waals surface area (Å²) in [5.41, 5.74) is 21.8. The van der Waals surface area contributed by atoms with Gasteiger partial charge in [0.25, 0.3) is 0 Å². The summed E-state index contributed by atoms with van der Waals surface area (Å²) in [6.45, 7) is 4.16. The highest BCUT2D eigenvalue weighted by molar-refractivity contribution is 7.00. The van der Waals surface area contributed by atoms with Gasteiger partial charge in [0, 0.05) is 76.8 Å². The lowest BCUT2D eigenvalue weighted by molar-refractivity contribution is 1.07. The molecule has 0 fully saturated rings. The molecule has 488 valence electrons. The second-order valence-electron chi connectivity index (χ2n) is 26.0. The van der Waals surface area contributed by atoms with E-state index < -0.39 is 0 Å². The van der Waals surface area contributed by atoms with E-state index in [-0.39, 0.29) is 0 Å². The third-order valence-corrected chi connectivity index (χ3v) is 20.4. The monoisotopic (exact) mass is 1370 g/mol. The number of para-hydroxylation sites is 2. The highest BCUT2D eigenvalue weighted by Crippen LogP contribution is 2.41. The molecule has 14 aromatic carbocycles. The van der Waals surface area contributed by atoms with Crippen molar-refractivity contribution >= 4 is 110 Å². The van der Waals surface area contributed by atoms with Gasteiger partial charge in [0.05, 0.1) is 45.9 Å². The Labute approximate surface area is 605 Å². The van der Waals surface area contributed by atoms with Gasteiger partial charge in [0.1, 0.15) is 22.1 Å². The van der Waals surface area contributed by atoms with Crippen LogP contribution < -0.4 is 0 Å². The fraction of sp³-hybridized carbons (Fsp3) is 0.0222. The average molecular weight is 1370 g/mol. The largest absolute Gasteiger partial charge is 0.247 e. The number of hydrogen-bond donors (Lipinski definition) is 0. The van der Waals surface area contributed by atoms with Crippen molar-refractivity contribution in [3.63, 3.8) is 0 Å². The topological polar surface area (TPSA) is 155 Å². The first-order chi connectivity index (χ1) is 51.3. The lowest BCUT2D eigenvalue weighted by Gasteiger charge is -2.12. The van der Waals surface area contributed by atoms with Gasteiger partial charge in [-0.15, -0.1) is 0 Å². The van der Waals surface area contributed by atoms with Crippen LogP contribution in [-0.2, 0) is 0 Å². The predicted octanol–water partition coefficient (Wildman–Crippen LogP) is 22.7. The molecule has 0 radical (unpaired) electrons. The van der Waals surface area contributed by atoms with E-state index in [9.17, 15) is 0 Å². The number of rotatable bonds is 10. The van der Waals surface area contributed by atoms with E-state index >= 15 is 0 Å². The fourth-order valence-electron chi connectivity index (χ4n) is 13.9. The molecule has 0 amide bonds. The first-order valence-electron chi connectivity index (χ1n) is 34.2. The van der Waals surface area contributed by atoms with Crippen molar-refractivity contribution in [3.05, 3.63) is 314 Å². The van der Waals surface area contributed by atoms with Gasteiger partial charge in [-0.3, -0.25) is 0 Å². The van der Waals surface area contributed by atoms with Crippen LogP contribution in [0.15, 0.2) is 303 Å². The molecule has 0 aliphatic heterocycles. The van der Waals surface area contributed by atoms with Crippen LogP contribution in [0.3, 0.4) is 0 Å². The van der Waals surface area contributed by atoms with Crippen LogP contribution in [0.4, 0.5) is 0 Å². The SMILES string of the molecule is Cc1ccc(-c2nc(-c3ccc(C)cc3)nc(-c3cccc(-c4ccc(-c5nc6ccccc6c6c5ccc5nsnc56)cc4)c3)n2)cc1.c1cc(-c2ccc(-c3nc4ccccc4c4c3ccc3nsnc34)cc2)cc(-c2nc(-c3ccc4ccccc4c3)nc(-c3ccc4ccccc4c3)n2)c1. The number of fused-ring (bicyclic) bond motifs is 12. The number of nitrogens with zero attached hydrogens (tertiary/aromatic N) is 12. The number of hydrogen-bond acceptors (Lipinski definition) is 14. The average Bonchev–Trinajstić information content (AvgIpc) is 1.29. The Hall–Kier alpha value is -13.4. The van der Waals surface area contributed by atoms with Gasteiger partial charge in [0.15, 0.2) is 34.9 Å². The number of benzene rings is 14. The first-order valence-corrected chi connectivity index (χ1v) is 35.7. The summed E-state index contributed by atoms with van der Waals surface area (Å²) in [5, 5.41) is 11.1. The van der Waals surface area contributed by atoms with Crippen LogP contribution in [0.2, 0.25) is 0 Å². The zero-order valence-electron chi connectivity index (χ0n) is 56.1. The second-order valence-corrected chi connectivity index (χ2v) is 27.0. The first kappa shape index (κ1) is 61.7. The van der Waals surface area contributed by atoms with Gasteiger partial charge in [0.2, 0.25) is 0 Å². The zero-order valence-corrected chi connectivity index (χ0v) is 57.7. The molecule has 20 rings (SSSR count). The Bertz CT molecular complexity index is 6600. The quantitative estimate of drug-likeness (QED) is 0.120. The van der Waals surface area contributed by atoms with E-state index in [1.54, 1.807) is 0 Å². The van der Waals surface area contributed by atoms with Crippen molar-refractivity contribution in [1.82, 2.24) is 57.4 Å². The fourth-order valence-corrected chi connectivity index (χ4v) is 15.0. The molecule has 0 unspecified atom stereocenters. The molecule has 0 atom stereocenters. The molecular formula is C90H56N12S2. The summed E-state index contributed by atoms with van der Waals surface area (Å²) in [6, 6.07) is 105. The standard InChI is InChI=1S/C48H28N6S.C42H28N6S/c1-3-10-33-27-37(22-18-29(33)8-1)47-50-46(51-48(52-47)38-23-19-30-9-2-4-11-34(30)28-38)36-13-7-12-35(26-36)31-16-20-32(21-17-31)44-40-24-25-42-45(54-55-53-42)43(40)39-14-5-6-15-41(39)49-44;1-25-10-14-29(15-11-25)40-44-41(30-16-12-26(2)13-17-30)46-42(45-40)32-7-5-6-31(24-32)27-18-20-28(21-19-27)38-34-22-23-36-39(48-49-47-36)37(34)33-8-3-4-9-35(33)43-38/h1-28H;3-24H,1-2H3. The molecule has 14 heteroatoms. The smallest absolute Gasteiger partial charge is 0.164 e. The molecule has 0 saturated carbocycles. The second kappa shape index (κ2) is 26.0. The Morgan fingerprint density at radius 3 is 0.942 bits per heavy atom. The van der Waals surface area contributed by atoms with Gasteiger partial charge >= 0.3 is 0 Å². The predicted molar refractivity (Wildman–Crippen MR) is 426 cm³/mol. The highest BCUT2D eigenvalue weighted by atomic mass is 32.1. The Balaban J connectivity index is 0.000000144. The van der Waals surface area contributed by atoms with Crippen molar-refractivity contribution in [2.75, 3.05) is 0 Å². The van der Waals surface area contributed by atoms with Gasteiger partial charge in [-0.25, -0.2) is 39.9 Å². The maximum absolute atomic E-state index is 5.15. The van der Waals surface area contributed by atoms with E-state index in [0.29, 0.717) is 34.9 Å². The van der Waals surface area contributed by atoms with Crippen LogP contribution in [-0.4, -0.2) is 57.4 Å². The van der Waals surface area contributed by atoms with Gasteiger partial charge in [-0.2, -0.15) is 17.5 Å². The summed E-state index contributed by atoms with van der Waals surface area (Å²) in [7, 11) is 0. The number of aryl methyl sites for hydroxylation is 2. The van der Waals surface area contributed by atoms with E-state index in [1.807, 2.05) is 30.3 Å². The van der Waals surface area contributed by atoms with Crippen LogP contribution >= 0.6 is 23.5 Å². The minimum Gasteiger partial charge on any atom is -0.247 e. The number of pyridine rings is 2. The van der Waals surface area contributed by atoms with Gasteiger partial charge < -0.3 is 0 Å². The normalized spacial score (nSPS) is 11.6. The molecule has 0 spiro atoms. The van der Waals surface area contributed by atoms with E-state index in [1.165, 1.54) is 45.4 Å². The zero-order chi connectivity index (χ0) is 69.2. The summed E-state index contributed by atoms with van der Waals surface area (Å²) >= 11 is 2.49. The van der Waals surface area contributed by atoms with Crippen molar-refractivity contribution < 1.29 is 0 Å². The molecule has 0 bridgehead atoms. The van der Waals surface area contributed by atoms with E-state index in [4.69, 9.17) is 39.9 Å². The summed E-state index contributed by atoms with van der Waals surface area (Å²) in [6.07, 6.45) is 0. The number of aromatic nitrogens is 12. The van der Waals surface area contributed by atoms with Crippen LogP contribution in [0.1, 0.15) is 11.1 Å². The molecule has 0 saturated heterocycles. The van der Waals surface area contributed by atoms with Crippen LogP contribution in [0.25, 0.3) is 200 Å². The third kappa shape index (κ3) is 11.6. The highest BCUT2D eigenvalue weighted by Gasteiger charge is 2.21. The summed E-state index contributed by atoms with van der Waals surface area (Å²) in [4.78, 5) is 40.3. The Kier molecular flexibility index (Phi) is 15.4. The van der Waals surface area contributed by atoms with Crippen molar-refractivity contribution in [1.29, 1.82) is 0 Å². The third-order valence-electron chi connectivity index (χ3n) is 19.3. The summed E-state index contributed by atoms with van der Waals surface area (Å²) < 4.78 is 18.3. The molecule has 104 heavy (non-hydrogen) atoms. The molecule has 12 nitrogen and oxygen atoms in total. The molecule has 0 aliphatic rings. The molecule has 20 aromatic rings. The van der Waals surface area contributed by atoms with E-state index in [0.717, 1.165) is 154 Å². The lowest BCUT2D eigenvalue weighted by atomic mass is 9.97. The molecule has 6 aromatic heterocycles. The van der Waals surface area contributed by atoms with Gasteiger partial charge in [-0.05, 0) is 118 Å². The van der Waals surface area contributed by atoms with Crippen molar-refractivity contribution in [2.45, 2.75) is 13.8 Å². The lowest BCUT2D eigenvalue weighted by Crippen LogP contribution is -2.00. The maximum Gasteiger partial charge on any atom is 0.164 e. The Morgan fingerprint density at radius 1 is 0.202 bits per heavy atom. The van der Waals surface area contributed by atoms with Crippen LogP contribution in [0.5, 0.6) is 0 Å². The van der Waals surface area contributed by atoms with Crippen molar-refractivity contribution in [2.24, 2.45) is 0 Å². The van der Waals surface area contributed by atoms with Crippen molar-refractivity contribution in [3.8, 4) is 113 Å². The molecule has 0 N–H and O–H groups in total. The minimum atomic E-state index is 0.620. The molecule has 0 aliphatic carbocycles. The Morgan fingerprint density at radius 2 is 0.529 bits per heavy atom.